The number of carboxylic acids is 1. The summed E-state index contributed by atoms with van der Waals surface area (Å²) in [7, 11) is 0. The fourth-order valence-electron chi connectivity index (χ4n) is 1.84. The molecule has 108 valence electrons. The van der Waals surface area contributed by atoms with Gasteiger partial charge in [0.2, 0.25) is 5.91 Å². The molecule has 0 saturated carbocycles. The molecule has 0 fully saturated rings. The Balaban J connectivity index is 3.54. The van der Waals surface area contributed by atoms with Crippen LogP contribution in [0.5, 0.6) is 0 Å². The van der Waals surface area contributed by atoms with Crippen molar-refractivity contribution in [2.75, 3.05) is 11.4 Å². The third-order valence-corrected chi connectivity index (χ3v) is 2.68. The van der Waals surface area contributed by atoms with E-state index in [1.54, 1.807) is 13.8 Å². The lowest BCUT2D eigenvalue weighted by Gasteiger charge is -2.28. The van der Waals surface area contributed by atoms with Gasteiger partial charge in [-0.15, -0.1) is 0 Å². The Morgan fingerprint density at radius 3 is 2.45 bits per heavy atom. The van der Waals surface area contributed by atoms with E-state index in [-0.39, 0.29) is 29.5 Å². The number of aromatic carboxylic acids is 1. The lowest BCUT2D eigenvalue weighted by atomic mass is 10.1. The molecule has 0 aliphatic rings. The number of para-hydroxylation sites is 1. The van der Waals surface area contributed by atoms with Gasteiger partial charge in [0.25, 0.3) is 5.69 Å². The van der Waals surface area contributed by atoms with Crippen LogP contribution in [0.4, 0.5) is 11.4 Å². The fourth-order valence-corrected chi connectivity index (χ4v) is 1.84. The molecule has 8 nitrogen and oxygen atoms in total. The summed E-state index contributed by atoms with van der Waals surface area (Å²) >= 11 is 0. The number of hydrogen-bond donors (Lipinski definition) is 2. The van der Waals surface area contributed by atoms with Crippen LogP contribution in [0.15, 0.2) is 18.2 Å². The monoisotopic (exact) mass is 281 g/mol. The van der Waals surface area contributed by atoms with Crippen molar-refractivity contribution >= 4 is 23.3 Å². The van der Waals surface area contributed by atoms with Gasteiger partial charge in [0, 0.05) is 12.1 Å². The highest BCUT2D eigenvalue weighted by atomic mass is 16.6. The van der Waals surface area contributed by atoms with Crippen molar-refractivity contribution in [2.24, 2.45) is 5.73 Å². The maximum Gasteiger partial charge on any atom is 0.338 e. The number of anilines is 1. The first-order chi connectivity index (χ1) is 9.25. The van der Waals surface area contributed by atoms with Crippen molar-refractivity contribution in [3.05, 3.63) is 33.9 Å². The second-order valence-electron chi connectivity index (χ2n) is 4.42. The number of carboxylic acid groups (broad SMARTS) is 1. The summed E-state index contributed by atoms with van der Waals surface area (Å²) in [5, 5.41) is 20.3. The molecule has 1 aromatic carbocycles. The van der Waals surface area contributed by atoms with Crippen LogP contribution in [0.3, 0.4) is 0 Å². The van der Waals surface area contributed by atoms with Gasteiger partial charge in [0.1, 0.15) is 5.69 Å². The number of carbonyl (C=O) groups excluding carboxylic acids is 1. The maximum absolute atomic E-state index is 11.2. The number of primary amides is 1. The van der Waals surface area contributed by atoms with Crippen LogP contribution in [0.25, 0.3) is 0 Å². The van der Waals surface area contributed by atoms with E-state index >= 15 is 0 Å². The molecule has 20 heavy (non-hydrogen) atoms. The van der Waals surface area contributed by atoms with Crippen molar-refractivity contribution < 1.29 is 19.6 Å². The van der Waals surface area contributed by atoms with Gasteiger partial charge >= 0.3 is 5.97 Å². The molecule has 0 heterocycles. The number of amides is 1. The van der Waals surface area contributed by atoms with Crippen molar-refractivity contribution in [3.8, 4) is 0 Å². The van der Waals surface area contributed by atoms with Crippen LogP contribution in [0.2, 0.25) is 0 Å². The Kier molecular flexibility index (Phi) is 4.63. The van der Waals surface area contributed by atoms with Gasteiger partial charge in [0.05, 0.1) is 17.0 Å². The quantitative estimate of drug-likeness (QED) is 0.591. The lowest BCUT2D eigenvalue weighted by molar-refractivity contribution is -0.384. The van der Waals surface area contributed by atoms with E-state index in [0.717, 1.165) is 0 Å². The molecule has 0 saturated heterocycles. The number of benzene rings is 1. The van der Waals surface area contributed by atoms with Crippen LogP contribution < -0.4 is 10.6 Å². The van der Waals surface area contributed by atoms with E-state index in [4.69, 9.17) is 5.73 Å². The molecule has 3 N–H and O–H groups in total. The van der Waals surface area contributed by atoms with Gasteiger partial charge in [-0.2, -0.15) is 0 Å². The number of nitrogens with two attached hydrogens (primary N) is 1. The van der Waals surface area contributed by atoms with E-state index < -0.39 is 16.8 Å². The molecule has 0 spiro atoms. The molecule has 1 aromatic rings. The van der Waals surface area contributed by atoms with Gasteiger partial charge in [-0.3, -0.25) is 14.9 Å². The van der Waals surface area contributed by atoms with Crippen molar-refractivity contribution in [1.82, 2.24) is 0 Å². The summed E-state index contributed by atoms with van der Waals surface area (Å²) in [4.78, 5) is 34.1. The van der Waals surface area contributed by atoms with Crippen LogP contribution in [-0.4, -0.2) is 34.5 Å². The van der Waals surface area contributed by atoms with Gasteiger partial charge in [-0.05, 0) is 19.9 Å². The average Bonchev–Trinajstić information content (AvgIpc) is 2.34. The molecule has 0 radical (unpaired) electrons. The summed E-state index contributed by atoms with van der Waals surface area (Å²) in [6.45, 7) is 3.07. The molecule has 0 atom stereocenters. The first-order valence-corrected chi connectivity index (χ1v) is 5.81. The molecule has 0 aromatic heterocycles. The van der Waals surface area contributed by atoms with Gasteiger partial charge in [-0.1, -0.05) is 6.07 Å². The highest BCUT2D eigenvalue weighted by molar-refractivity contribution is 5.98. The highest BCUT2D eigenvalue weighted by Gasteiger charge is 2.28. The third kappa shape index (κ3) is 3.22. The largest absolute Gasteiger partial charge is 0.478 e. The van der Waals surface area contributed by atoms with E-state index in [9.17, 15) is 24.8 Å². The van der Waals surface area contributed by atoms with Gasteiger partial charge < -0.3 is 15.7 Å². The zero-order valence-electron chi connectivity index (χ0n) is 11.1. The third-order valence-electron chi connectivity index (χ3n) is 2.68. The SMILES string of the molecule is CC(C)N(CC(N)=O)c1c(C(=O)O)cccc1[N+](=O)[O-]. The van der Waals surface area contributed by atoms with Crippen LogP contribution in [0.1, 0.15) is 24.2 Å². The average molecular weight is 281 g/mol. The van der Waals surface area contributed by atoms with Crippen molar-refractivity contribution in [1.29, 1.82) is 0 Å². The number of rotatable bonds is 6. The number of nitrogens with zero attached hydrogens (tertiary/aromatic N) is 2. The van der Waals surface area contributed by atoms with E-state index in [2.05, 4.69) is 0 Å². The number of nitro benzene ring substituents is 1. The van der Waals surface area contributed by atoms with E-state index in [0.29, 0.717) is 0 Å². The topological polar surface area (TPSA) is 127 Å². The van der Waals surface area contributed by atoms with Gasteiger partial charge in [0.15, 0.2) is 0 Å². The minimum Gasteiger partial charge on any atom is -0.478 e. The summed E-state index contributed by atoms with van der Waals surface area (Å²) in [5.41, 5.74) is 4.39. The summed E-state index contributed by atoms with van der Waals surface area (Å²) in [5.74, 6) is -2.01. The Hall–Kier alpha value is -2.64. The van der Waals surface area contributed by atoms with Crippen molar-refractivity contribution in [3.63, 3.8) is 0 Å². The molecular weight excluding hydrogens is 266 g/mol. The van der Waals surface area contributed by atoms with Gasteiger partial charge in [-0.25, -0.2) is 4.79 Å². The number of carbonyl (C=O) groups is 2. The second kappa shape index (κ2) is 6.00. The zero-order valence-corrected chi connectivity index (χ0v) is 11.1. The molecule has 0 aliphatic heterocycles. The highest BCUT2D eigenvalue weighted by Crippen LogP contribution is 2.33. The maximum atomic E-state index is 11.2. The van der Waals surface area contributed by atoms with E-state index in [1.165, 1.54) is 23.1 Å². The Labute approximate surface area is 114 Å². The first kappa shape index (κ1) is 15.4. The Morgan fingerprint density at radius 2 is 2.05 bits per heavy atom. The van der Waals surface area contributed by atoms with Crippen LogP contribution in [-0.2, 0) is 4.79 Å². The molecule has 1 amide bonds. The number of nitro groups is 1. The summed E-state index contributed by atoms with van der Waals surface area (Å²) in [6, 6.07) is 3.40. The second-order valence-corrected chi connectivity index (χ2v) is 4.42. The van der Waals surface area contributed by atoms with E-state index in [1.807, 2.05) is 0 Å². The first-order valence-electron chi connectivity index (χ1n) is 5.81. The summed E-state index contributed by atoms with van der Waals surface area (Å²) < 4.78 is 0. The predicted octanol–water partition coefficient (Wildman–Crippen LogP) is 0.993. The number of hydrogen-bond acceptors (Lipinski definition) is 5. The predicted molar refractivity (Wildman–Crippen MR) is 71.7 cm³/mol. The minimum absolute atomic E-state index is 0.112. The van der Waals surface area contributed by atoms with Crippen molar-refractivity contribution in [2.45, 2.75) is 19.9 Å². The lowest BCUT2D eigenvalue weighted by Crippen LogP contribution is -2.39. The molecule has 0 unspecified atom stereocenters. The molecule has 0 bridgehead atoms. The zero-order chi connectivity index (χ0) is 15.4. The molecule has 1 rings (SSSR count). The standard InChI is InChI=1S/C12H15N3O5/c1-7(2)14(6-10(13)16)11-8(12(17)18)4-3-5-9(11)15(19)20/h3-5,7H,6H2,1-2H3,(H2,13,16)(H,17,18). The fraction of sp³-hybridized carbons (Fsp3) is 0.333. The smallest absolute Gasteiger partial charge is 0.338 e. The Bertz CT molecular complexity index is 524. The molecular formula is C12H15N3O5. The normalized spacial score (nSPS) is 10.3. The minimum atomic E-state index is -1.31. The van der Waals surface area contributed by atoms with Crippen LogP contribution >= 0.6 is 0 Å². The van der Waals surface area contributed by atoms with Crippen LogP contribution in [0, 0.1) is 10.1 Å². The molecule has 8 heteroatoms. The molecule has 0 aliphatic carbocycles. The Morgan fingerprint density at radius 1 is 1.45 bits per heavy atom. The summed E-state index contributed by atoms with van der Waals surface area (Å²) in [6.07, 6.45) is 0.